The fourth-order valence-corrected chi connectivity index (χ4v) is 12.3. The van der Waals surface area contributed by atoms with E-state index >= 15 is 0 Å². The molecule has 10 aromatic rings. The summed E-state index contributed by atoms with van der Waals surface area (Å²) in [4.78, 5) is 5.24. The number of hydrogen-bond donors (Lipinski definition) is 0. The molecule has 0 radical (unpaired) electrons. The second-order valence-corrected chi connectivity index (χ2v) is 18.6. The minimum atomic E-state index is -2.25. The molecule has 220 valence electrons. The molecule has 1 unspecified atom stereocenters. The standard InChI is InChI=1S/C43H27N2PSe/c47-46(32-21-19-28-9-1-2-11-31(28)25-32,33-22-20-30-18-17-29-10-3-4-12-35(29)39(30)26-33)34-23-24-40-42(27-34)45-41-16-8-7-14-37(41)36-13-5-6-15-38(36)43(45)44-40/h1-27H. The SMILES string of the molecule is [Se]=P(c1ccc2ccccc2c1)(c1ccc2ccc3ccccc3c2c1)c1ccc2nc3c4ccccc4c4ccccc4n3c2c1. The van der Waals surface area contributed by atoms with E-state index < -0.39 is 5.51 Å². The van der Waals surface area contributed by atoms with E-state index in [0.717, 1.165) is 16.7 Å². The second kappa shape index (κ2) is 10.2. The van der Waals surface area contributed by atoms with Gasteiger partial charge in [0.05, 0.1) is 0 Å². The number of imidazole rings is 1. The Morgan fingerprint density at radius 2 is 0.957 bits per heavy atom. The molecule has 2 nitrogen and oxygen atoms in total. The molecule has 10 rings (SSSR count). The van der Waals surface area contributed by atoms with Gasteiger partial charge in [-0.2, -0.15) is 0 Å². The average Bonchev–Trinajstić information content (AvgIpc) is 3.54. The van der Waals surface area contributed by atoms with E-state index in [1.165, 1.54) is 69.9 Å². The normalized spacial score (nSPS) is 13.4. The molecule has 0 fully saturated rings. The molecule has 0 saturated carbocycles. The van der Waals surface area contributed by atoms with Crippen LogP contribution in [0.3, 0.4) is 0 Å². The summed E-state index contributed by atoms with van der Waals surface area (Å²) in [7, 11) is 0. The van der Waals surface area contributed by atoms with Gasteiger partial charge in [-0.3, -0.25) is 0 Å². The number of rotatable bonds is 3. The Morgan fingerprint density at radius 3 is 1.79 bits per heavy atom. The zero-order valence-corrected chi connectivity index (χ0v) is 27.9. The van der Waals surface area contributed by atoms with Crippen LogP contribution in [0, 0.1) is 0 Å². The van der Waals surface area contributed by atoms with Gasteiger partial charge in [0.15, 0.2) is 0 Å². The van der Waals surface area contributed by atoms with Crippen LogP contribution in [0.15, 0.2) is 164 Å². The number of hydrogen-bond acceptors (Lipinski definition) is 1. The summed E-state index contributed by atoms with van der Waals surface area (Å²) < 4.78 is 2.37. The van der Waals surface area contributed by atoms with Gasteiger partial charge in [-0.15, -0.1) is 0 Å². The molecule has 0 aliphatic carbocycles. The van der Waals surface area contributed by atoms with Gasteiger partial charge in [0, 0.05) is 0 Å². The third-order valence-electron chi connectivity index (χ3n) is 9.80. The van der Waals surface area contributed by atoms with Gasteiger partial charge in [0.1, 0.15) is 0 Å². The van der Waals surface area contributed by atoms with Crippen molar-refractivity contribution in [1.82, 2.24) is 9.38 Å². The van der Waals surface area contributed by atoms with E-state index in [0.29, 0.717) is 0 Å². The molecular weight excluding hydrogens is 654 g/mol. The van der Waals surface area contributed by atoms with E-state index in [4.69, 9.17) is 4.98 Å². The van der Waals surface area contributed by atoms with Crippen LogP contribution in [0.5, 0.6) is 0 Å². The van der Waals surface area contributed by atoms with Gasteiger partial charge in [-0.1, -0.05) is 0 Å². The van der Waals surface area contributed by atoms with Crippen LogP contribution in [0.2, 0.25) is 0 Å². The van der Waals surface area contributed by atoms with Gasteiger partial charge in [-0.25, -0.2) is 0 Å². The van der Waals surface area contributed by atoms with Gasteiger partial charge in [0.25, 0.3) is 0 Å². The number of fused-ring (bicyclic) bond motifs is 12. The maximum atomic E-state index is 5.24. The van der Waals surface area contributed by atoms with Crippen molar-refractivity contribution in [2.24, 2.45) is 0 Å². The summed E-state index contributed by atoms with van der Waals surface area (Å²) in [5.74, 6) is 0. The van der Waals surface area contributed by atoms with Gasteiger partial charge >= 0.3 is 280 Å². The third-order valence-corrected chi connectivity index (χ3v) is 16.8. The first kappa shape index (κ1) is 27.1. The van der Waals surface area contributed by atoms with Gasteiger partial charge in [0.2, 0.25) is 0 Å². The van der Waals surface area contributed by atoms with Crippen molar-refractivity contribution in [3.05, 3.63) is 164 Å². The molecular formula is C43H27N2PSe. The van der Waals surface area contributed by atoms with Gasteiger partial charge in [-0.05, 0) is 0 Å². The van der Waals surface area contributed by atoms with E-state index in [1.807, 2.05) is 0 Å². The van der Waals surface area contributed by atoms with Crippen molar-refractivity contribution in [2.45, 2.75) is 0 Å². The molecule has 0 N–H and O–H groups in total. The van der Waals surface area contributed by atoms with Gasteiger partial charge < -0.3 is 0 Å². The molecule has 2 heterocycles. The predicted octanol–water partition coefficient (Wildman–Crippen LogP) is 9.63. The Hall–Kier alpha value is -5.04. The molecule has 1 atom stereocenters. The fourth-order valence-electron chi connectivity index (χ4n) is 7.50. The Morgan fingerprint density at radius 1 is 0.404 bits per heavy atom. The van der Waals surface area contributed by atoms with Crippen LogP contribution in [0.4, 0.5) is 0 Å². The summed E-state index contributed by atoms with van der Waals surface area (Å²) in [5.41, 5.74) is 2.06. The summed E-state index contributed by atoms with van der Waals surface area (Å²) in [6, 6.07) is 60.3. The first-order valence-corrected chi connectivity index (χ1v) is 19.9. The molecule has 8 aromatic carbocycles. The molecule has 0 amide bonds. The Bertz CT molecular complexity index is 2960. The third kappa shape index (κ3) is 3.98. The zero-order chi connectivity index (χ0) is 31.1. The van der Waals surface area contributed by atoms with Crippen LogP contribution < -0.4 is 15.9 Å². The summed E-state index contributed by atoms with van der Waals surface area (Å²) in [5, 5.41) is 15.2. The Kier molecular flexibility index (Phi) is 5.90. The van der Waals surface area contributed by atoms with Crippen LogP contribution in [0.25, 0.3) is 70.7 Å². The van der Waals surface area contributed by atoms with Crippen molar-refractivity contribution in [3.63, 3.8) is 0 Å². The van der Waals surface area contributed by atoms with Crippen molar-refractivity contribution in [2.75, 3.05) is 0 Å². The zero-order valence-electron chi connectivity index (χ0n) is 25.3. The van der Waals surface area contributed by atoms with Crippen molar-refractivity contribution in [3.8, 4) is 0 Å². The van der Waals surface area contributed by atoms with Crippen LogP contribution in [-0.4, -0.2) is 24.5 Å². The molecule has 0 aliphatic rings. The molecule has 2 aromatic heterocycles. The Labute approximate surface area is 279 Å². The number of para-hydroxylation sites is 1. The molecule has 0 bridgehead atoms. The molecule has 0 aliphatic heterocycles. The van der Waals surface area contributed by atoms with Crippen molar-refractivity contribution < 1.29 is 0 Å². The topological polar surface area (TPSA) is 17.3 Å². The minimum absolute atomic E-state index is 0.998. The molecule has 47 heavy (non-hydrogen) atoms. The van der Waals surface area contributed by atoms with Crippen LogP contribution in [-0.2, 0) is 0 Å². The number of pyridine rings is 1. The van der Waals surface area contributed by atoms with Crippen molar-refractivity contribution in [1.29, 1.82) is 0 Å². The number of nitrogens with zero attached hydrogens (tertiary/aromatic N) is 2. The molecule has 0 saturated heterocycles. The average molecular weight is 682 g/mol. The fraction of sp³-hybridized carbons (Fsp3) is 0. The van der Waals surface area contributed by atoms with E-state index in [-0.39, 0.29) is 0 Å². The molecule has 0 spiro atoms. The maximum absolute atomic E-state index is 5.24. The first-order chi connectivity index (χ1) is 23.2. The summed E-state index contributed by atoms with van der Waals surface area (Å²) >= 11 is 3.87. The van der Waals surface area contributed by atoms with E-state index in [9.17, 15) is 0 Å². The van der Waals surface area contributed by atoms with E-state index in [1.54, 1.807) is 0 Å². The van der Waals surface area contributed by atoms with Crippen LogP contribution in [0.1, 0.15) is 0 Å². The second-order valence-electron chi connectivity index (χ2n) is 12.3. The van der Waals surface area contributed by atoms with Crippen LogP contribution >= 0.6 is 5.51 Å². The van der Waals surface area contributed by atoms with Crippen molar-refractivity contribution >= 4 is 107 Å². The first-order valence-electron chi connectivity index (χ1n) is 15.9. The predicted molar refractivity (Wildman–Crippen MR) is 205 cm³/mol. The number of aromatic nitrogens is 2. The molecule has 4 heteroatoms. The van der Waals surface area contributed by atoms with E-state index in [2.05, 4.69) is 183 Å². The Balaban J connectivity index is 1.31. The summed E-state index contributed by atoms with van der Waals surface area (Å²) in [6.07, 6.45) is 0. The quantitative estimate of drug-likeness (QED) is 0.103. The number of benzene rings is 8. The summed E-state index contributed by atoms with van der Waals surface area (Å²) in [6.45, 7) is 0. The monoisotopic (exact) mass is 682 g/mol.